The molecule has 0 saturated heterocycles. The molecule has 0 aromatic rings. The third-order valence-corrected chi connectivity index (χ3v) is 1.60. The topological polar surface area (TPSA) is 34.1 Å². The predicted molar refractivity (Wildman–Crippen MR) is 28.9 cm³/mol. The van der Waals surface area contributed by atoms with Crippen LogP contribution in [-0.2, 0) is 9.59 Å². The molecule has 0 bridgehead atoms. The Morgan fingerprint density at radius 3 is 2.25 bits per heavy atom. The van der Waals surface area contributed by atoms with Crippen LogP contribution in [0.15, 0.2) is 0 Å². The minimum Gasteiger partial charge on any atom is -0.291 e. The third kappa shape index (κ3) is 0.757. The van der Waals surface area contributed by atoms with Gasteiger partial charge in [0.25, 0.3) is 0 Å². The lowest BCUT2D eigenvalue weighted by molar-refractivity contribution is -0.133. The van der Waals surface area contributed by atoms with Gasteiger partial charge in [-0.1, -0.05) is 0 Å². The van der Waals surface area contributed by atoms with E-state index in [1.165, 1.54) is 0 Å². The van der Waals surface area contributed by atoms with Crippen LogP contribution in [0.1, 0.15) is 12.8 Å². The molecule has 8 heavy (non-hydrogen) atoms. The fourth-order valence-electron chi connectivity index (χ4n) is 0.687. The molecule has 0 aromatic carbocycles. The summed E-state index contributed by atoms with van der Waals surface area (Å²) in [5, 5.41) is -0.525. The van der Waals surface area contributed by atoms with Crippen LogP contribution in [0.4, 0.5) is 0 Å². The van der Waals surface area contributed by atoms with Crippen LogP contribution in [0, 0.1) is 0 Å². The standard InChI is InChI=1S/C5H5ClO2/c6-3-1-2-4(7)5(3)8/h3H,1-2H2. The Hall–Kier alpha value is -0.370. The van der Waals surface area contributed by atoms with E-state index in [0.717, 1.165) is 0 Å². The SMILES string of the molecule is O=C1CCC(Cl)C1=O. The van der Waals surface area contributed by atoms with E-state index in [-0.39, 0.29) is 5.78 Å². The van der Waals surface area contributed by atoms with Crippen molar-refractivity contribution < 1.29 is 9.59 Å². The first kappa shape index (κ1) is 5.76. The average molecular weight is 133 g/mol. The summed E-state index contributed by atoms with van der Waals surface area (Å²) in [6, 6.07) is 0. The van der Waals surface area contributed by atoms with Crippen molar-refractivity contribution in [3.05, 3.63) is 0 Å². The maximum absolute atomic E-state index is 10.4. The summed E-state index contributed by atoms with van der Waals surface area (Å²) in [7, 11) is 0. The van der Waals surface area contributed by atoms with Gasteiger partial charge in [-0.05, 0) is 6.42 Å². The van der Waals surface area contributed by atoms with Crippen molar-refractivity contribution in [2.45, 2.75) is 18.2 Å². The van der Waals surface area contributed by atoms with E-state index in [1.54, 1.807) is 0 Å². The first-order valence-electron chi connectivity index (χ1n) is 2.43. The molecule has 0 heterocycles. The molecule has 44 valence electrons. The van der Waals surface area contributed by atoms with Crippen LogP contribution in [0.2, 0.25) is 0 Å². The fourth-order valence-corrected chi connectivity index (χ4v) is 0.918. The lowest BCUT2D eigenvalue weighted by atomic mass is 10.3. The van der Waals surface area contributed by atoms with Gasteiger partial charge in [-0.15, -0.1) is 11.6 Å². The van der Waals surface area contributed by atoms with E-state index in [1.807, 2.05) is 0 Å². The molecule has 1 rings (SSSR count). The molecule has 0 aromatic heterocycles. The third-order valence-electron chi connectivity index (χ3n) is 1.18. The van der Waals surface area contributed by atoms with Crippen LogP contribution in [0.25, 0.3) is 0 Å². The second kappa shape index (κ2) is 1.86. The second-order valence-corrected chi connectivity index (χ2v) is 2.32. The van der Waals surface area contributed by atoms with Gasteiger partial charge in [0.05, 0.1) is 0 Å². The van der Waals surface area contributed by atoms with Crippen molar-refractivity contribution in [2.75, 3.05) is 0 Å². The smallest absolute Gasteiger partial charge is 0.216 e. The quantitative estimate of drug-likeness (QED) is 0.356. The Morgan fingerprint density at radius 1 is 1.50 bits per heavy atom. The van der Waals surface area contributed by atoms with Crippen LogP contribution >= 0.6 is 11.6 Å². The van der Waals surface area contributed by atoms with Crippen LogP contribution < -0.4 is 0 Å². The molecular weight excluding hydrogens is 128 g/mol. The molecule has 1 unspecified atom stereocenters. The van der Waals surface area contributed by atoms with Crippen LogP contribution in [0.3, 0.4) is 0 Å². The van der Waals surface area contributed by atoms with Gasteiger partial charge in [-0.3, -0.25) is 9.59 Å². The maximum Gasteiger partial charge on any atom is 0.216 e. The van der Waals surface area contributed by atoms with E-state index >= 15 is 0 Å². The number of rotatable bonds is 0. The Morgan fingerprint density at radius 2 is 2.12 bits per heavy atom. The molecule has 3 heteroatoms. The van der Waals surface area contributed by atoms with Crippen LogP contribution in [0.5, 0.6) is 0 Å². The van der Waals surface area contributed by atoms with Gasteiger partial charge in [0.15, 0.2) is 5.78 Å². The highest BCUT2D eigenvalue weighted by atomic mass is 35.5. The normalized spacial score (nSPS) is 29.4. The molecule has 0 spiro atoms. The highest BCUT2D eigenvalue weighted by molar-refractivity contribution is 6.51. The zero-order valence-corrected chi connectivity index (χ0v) is 4.94. The van der Waals surface area contributed by atoms with Gasteiger partial charge in [-0.25, -0.2) is 0 Å². The summed E-state index contributed by atoms with van der Waals surface area (Å²) in [5.41, 5.74) is 0. The predicted octanol–water partition coefficient (Wildman–Crippen LogP) is 0.526. The summed E-state index contributed by atoms with van der Waals surface area (Å²) < 4.78 is 0. The Labute approximate surface area is 51.8 Å². The minimum absolute atomic E-state index is 0.315. The van der Waals surface area contributed by atoms with Crippen molar-refractivity contribution >= 4 is 23.2 Å². The van der Waals surface area contributed by atoms with E-state index < -0.39 is 11.2 Å². The molecule has 1 aliphatic carbocycles. The molecule has 1 fully saturated rings. The van der Waals surface area contributed by atoms with Gasteiger partial charge < -0.3 is 0 Å². The van der Waals surface area contributed by atoms with Crippen molar-refractivity contribution in [1.29, 1.82) is 0 Å². The molecule has 1 atom stereocenters. The molecule has 1 aliphatic rings. The van der Waals surface area contributed by atoms with Crippen molar-refractivity contribution in [3.63, 3.8) is 0 Å². The second-order valence-electron chi connectivity index (χ2n) is 1.79. The summed E-state index contributed by atoms with van der Waals surface area (Å²) in [6.45, 7) is 0. The van der Waals surface area contributed by atoms with E-state index in [4.69, 9.17) is 11.6 Å². The Bertz CT molecular complexity index is 141. The van der Waals surface area contributed by atoms with E-state index in [2.05, 4.69) is 0 Å². The summed E-state index contributed by atoms with van der Waals surface area (Å²) >= 11 is 5.39. The van der Waals surface area contributed by atoms with Crippen molar-refractivity contribution in [2.24, 2.45) is 0 Å². The van der Waals surface area contributed by atoms with Gasteiger partial charge in [0.2, 0.25) is 5.78 Å². The molecule has 0 aliphatic heterocycles. The van der Waals surface area contributed by atoms with Gasteiger partial charge in [-0.2, -0.15) is 0 Å². The monoisotopic (exact) mass is 132 g/mol. The molecule has 0 radical (unpaired) electrons. The van der Waals surface area contributed by atoms with Crippen molar-refractivity contribution in [1.82, 2.24) is 0 Å². The summed E-state index contributed by atoms with van der Waals surface area (Å²) in [4.78, 5) is 20.8. The van der Waals surface area contributed by atoms with Gasteiger partial charge in [0.1, 0.15) is 5.38 Å². The first-order valence-corrected chi connectivity index (χ1v) is 2.86. The highest BCUT2D eigenvalue weighted by Crippen LogP contribution is 2.15. The lowest BCUT2D eigenvalue weighted by Gasteiger charge is -1.86. The number of carbonyl (C=O) groups is 2. The number of hydrogen-bond acceptors (Lipinski definition) is 2. The minimum atomic E-state index is -0.525. The molecule has 2 nitrogen and oxygen atoms in total. The molecule has 1 saturated carbocycles. The molecule has 0 N–H and O–H groups in total. The number of carbonyl (C=O) groups excluding carboxylic acids is 2. The Balaban J connectivity index is 2.71. The largest absolute Gasteiger partial charge is 0.291 e. The number of Topliss-reactive ketones (excluding diaryl/α,β-unsaturated/α-hetero) is 2. The van der Waals surface area contributed by atoms with Gasteiger partial charge >= 0.3 is 0 Å². The van der Waals surface area contributed by atoms with Crippen LogP contribution in [-0.4, -0.2) is 16.9 Å². The number of ketones is 2. The fraction of sp³-hybridized carbons (Fsp3) is 0.600. The zero-order chi connectivity index (χ0) is 6.15. The van der Waals surface area contributed by atoms with Gasteiger partial charge in [0, 0.05) is 6.42 Å². The lowest BCUT2D eigenvalue weighted by Crippen LogP contribution is -2.12. The first-order chi connectivity index (χ1) is 3.72. The number of halogens is 1. The number of hydrogen-bond donors (Lipinski definition) is 0. The summed E-state index contributed by atoms with van der Waals surface area (Å²) in [6.07, 6.45) is 0.867. The van der Waals surface area contributed by atoms with E-state index in [0.29, 0.717) is 12.8 Å². The summed E-state index contributed by atoms with van der Waals surface area (Å²) in [5.74, 6) is -0.725. The highest BCUT2D eigenvalue weighted by Gasteiger charge is 2.30. The average Bonchev–Trinajstić information content (AvgIpc) is 1.98. The van der Waals surface area contributed by atoms with E-state index in [9.17, 15) is 9.59 Å². The van der Waals surface area contributed by atoms with Crippen molar-refractivity contribution in [3.8, 4) is 0 Å². The Kier molecular flexibility index (Phi) is 1.34. The molecular formula is C5H5ClO2. The molecule has 0 amide bonds. The zero-order valence-electron chi connectivity index (χ0n) is 4.19. The number of alkyl halides is 1. The maximum atomic E-state index is 10.4.